The van der Waals surface area contributed by atoms with Gasteiger partial charge in [0.1, 0.15) is 17.2 Å². The highest BCUT2D eigenvalue weighted by Gasteiger charge is 2.31. The summed E-state index contributed by atoms with van der Waals surface area (Å²) in [4.78, 5) is 0. The van der Waals surface area contributed by atoms with E-state index in [0.717, 1.165) is 0 Å². The third-order valence-corrected chi connectivity index (χ3v) is 8.60. The first-order valence-corrected chi connectivity index (χ1v) is 9.81. The van der Waals surface area contributed by atoms with E-state index in [4.69, 9.17) is 11.8 Å². The van der Waals surface area contributed by atoms with E-state index < -0.39 is 6.04 Å². The van der Waals surface area contributed by atoms with Gasteiger partial charge in [-0.15, -0.1) is 0 Å². The van der Waals surface area contributed by atoms with Gasteiger partial charge in [0.2, 0.25) is 0 Å². The highest BCUT2D eigenvalue weighted by atomic mass is 32.4. The lowest BCUT2D eigenvalue weighted by Gasteiger charge is -2.26. The normalized spacial score (nSPS) is 11.3. The molecule has 0 spiro atoms. The molecule has 0 fully saturated rings. The second-order valence-corrected chi connectivity index (χ2v) is 9.38. The van der Waals surface area contributed by atoms with Gasteiger partial charge in [-0.1, -0.05) is 48.2 Å². The van der Waals surface area contributed by atoms with Crippen LogP contribution in [-0.2, 0) is 11.8 Å². The fourth-order valence-electron chi connectivity index (χ4n) is 2.58. The average Bonchev–Trinajstić information content (AvgIpc) is 2.55. The minimum Gasteiger partial charge on any atom is -0.507 e. The summed E-state index contributed by atoms with van der Waals surface area (Å²) in [6.07, 6.45) is 0. The number of rotatable bonds is 3. The van der Waals surface area contributed by atoms with Crippen molar-refractivity contribution in [1.29, 1.82) is 0 Å². The Bertz CT molecular complexity index is 790. The van der Waals surface area contributed by atoms with Crippen LogP contribution in [0, 0.1) is 0 Å². The van der Waals surface area contributed by atoms with Gasteiger partial charge in [0.05, 0.1) is 0 Å². The Kier molecular flexibility index (Phi) is 4.12. The van der Waals surface area contributed by atoms with Crippen LogP contribution in [0.4, 0.5) is 0 Å². The van der Waals surface area contributed by atoms with Crippen molar-refractivity contribution in [3.63, 3.8) is 0 Å². The van der Waals surface area contributed by atoms with Gasteiger partial charge in [0.15, 0.2) is 0 Å². The van der Waals surface area contributed by atoms with Crippen LogP contribution in [0.5, 0.6) is 17.2 Å². The topological polar surface area (TPSA) is 60.7 Å². The molecule has 0 aromatic heterocycles. The number of phenols is 3. The van der Waals surface area contributed by atoms with E-state index in [-0.39, 0.29) is 17.2 Å². The summed E-state index contributed by atoms with van der Waals surface area (Å²) in [5, 5.41) is 32.7. The molecule has 116 valence electrons. The van der Waals surface area contributed by atoms with Crippen LogP contribution < -0.4 is 15.9 Å². The Morgan fingerprint density at radius 2 is 0.783 bits per heavy atom. The Morgan fingerprint density at radius 1 is 0.522 bits per heavy atom. The first-order chi connectivity index (χ1) is 11.0. The number of aromatic hydroxyl groups is 3. The lowest BCUT2D eigenvalue weighted by molar-refractivity contribution is 0.478. The van der Waals surface area contributed by atoms with Crippen molar-refractivity contribution < 1.29 is 15.3 Å². The molecule has 3 rings (SSSR count). The monoisotopic (exact) mass is 342 g/mol. The van der Waals surface area contributed by atoms with Crippen molar-refractivity contribution in [2.75, 3.05) is 0 Å². The molecule has 0 aliphatic heterocycles. The third kappa shape index (κ3) is 2.61. The summed E-state index contributed by atoms with van der Waals surface area (Å²) in [6.45, 7) is 0. The van der Waals surface area contributed by atoms with Crippen molar-refractivity contribution in [2.45, 2.75) is 0 Å². The smallest absolute Gasteiger partial charge is 0.124 e. The van der Waals surface area contributed by atoms with Crippen LogP contribution in [0.15, 0.2) is 72.8 Å². The number of phenolic OH excluding ortho intramolecular Hbond substituents is 3. The standard InChI is InChI=1S/C18H15O3PS/c19-13-7-1-4-10-16(13)22(23,17-11-5-2-8-14(17)20)18-12-6-3-9-15(18)21/h1-12,19-21H. The molecule has 0 atom stereocenters. The first kappa shape index (κ1) is 15.6. The van der Waals surface area contributed by atoms with Crippen molar-refractivity contribution in [3.8, 4) is 17.2 Å². The maximum absolute atomic E-state index is 10.3. The van der Waals surface area contributed by atoms with E-state index in [0.29, 0.717) is 15.9 Å². The van der Waals surface area contributed by atoms with Gasteiger partial charge in [-0.2, -0.15) is 0 Å². The molecule has 5 heteroatoms. The van der Waals surface area contributed by atoms with Crippen LogP contribution in [0.3, 0.4) is 0 Å². The van der Waals surface area contributed by atoms with Gasteiger partial charge in [0, 0.05) is 22.0 Å². The third-order valence-electron chi connectivity index (χ3n) is 3.66. The van der Waals surface area contributed by atoms with E-state index >= 15 is 0 Å². The summed E-state index contributed by atoms with van der Waals surface area (Å²) < 4.78 is 0. The molecule has 23 heavy (non-hydrogen) atoms. The SMILES string of the molecule is Oc1ccccc1P(=S)(c1ccccc1O)c1ccccc1O. The Morgan fingerprint density at radius 3 is 1.04 bits per heavy atom. The quantitative estimate of drug-likeness (QED) is 0.640. The zero-order valence-electron chi connectivity index (χ0n) is 12.1. The minimum absolute atomic E-state index is 0.0577. The average molecular weight is 342 g/mol. The summed E-state index contributed by atoms with van der Waals surface area (Å²) in [5.41, 5.74) is 0. The molecular weight excluding hydrogens is 327 g/mol. The fraction of sp³-hybridized carbons (Fsp3) is 0. The molecule has 0 saturated heterocycles. The highest BCUT2D eigenvalue weighted by Crippen LogP contribution is 2.49. The van der Waals surface area contributed by atoms with E-state index in [2.05, 4.69) is 0 Å². The molecule has 3 nitrogen and oxygen atoms in total. The van der Waals surface area contributed by atoms with Crippen LogP contribution in [0.1, 0.15) is 0 Å². The number of hydrogen-bond donors (Lipinski definition) is 3. The van der Waals surface area contributed by atoms with Crippen LogP contribution >= 0.6 is 6.04 Å². The van der Waals surface area contributed by atoms with Crippen molar-refractivity contribution in [3.05, 3.63) is 72.8 Å². The molecule has 0 radical (unpaired) electrons. The second kappa shape index (κ2) is 6.07. The van der Waals surface area contributed by atoms with Crippen molar-refractivity contribution in [1.82, 2.24) is 0 Å². The van der Waals surface area contributed by atoms with Gasteiger partial charge in [-0.3, -0.25) is 0 Å². The molecule has 0 unspecified atom stereocenters. The van der Waals surface area contributed by atoms with Gasteiger partial charge in [-0.05, 0) is 36.4 Å². The second-order valence-electron chi connectivity index (χ2n) is 5.08. The molecular formula is C18H15O3PS. The maximum Gasteiger partial charge on any atom is 0.124 e. The molecule has 0 aliphatic rings. The Hall–Kier alpha value is -2.29. The molecule has 0 heterocycles. The lowest BCUT2D eigenvalue weighted by Crippen LogP contribution is -2.25. The molecule has 0 aliphatic carbocycles. The Labute approximate surface area is 139 Å². The summed E-state index contributed by atoms with van der Waals surface area (Å²) in [6, 6.07) is 17.6. The van der Waals surface area contributed by atoms with Gasteiger partial charge < -0.3 is 15.3 Å². The van der Waals surface area contributed by atoms with Gasteiger partial charge >= 0.3 is 0 Å². The summed E-state index contributed by atoms with van der Waals surface area (Å²) in [7, 11) is 0. The largest absolute Gasteiger partial charge is 0.507 e. The van der Waals surface area contributed by atoms with Crippen LogP contribution in [0.25, 0.3) is 0 Å². The Balaban J connectivity index is 2.41. The fourth-order valence-corrected chi connectivity index (χ4v) is 6.83. The highest BCUT2D eigenvalue weighted by molar-refractivity contribution is 8.25. The molecule has 0 bridgehead atoms. The summed E-state index contributed by atoms with van der Waals surface area (Å²) >= 11 is 6.00. The predicted octanol–water partition coefficient (Wildman–Crippen LogP) is 2.56. The molecule has 3 aromatic rings. The van der Waals surface area contributed by atoms with E-state index in [1.54, 1.807) is 72.8 Å². The van der Waals surface area contributed by atoms with Gasteiger partial charge in [0.25, 0.3) is 0 Å². The van der Waals surface area contributed by atoms with E-state index in [1.807, 2.05) is 0 Å². The van der Waals surface area contributed by atoms with E-state index in [9.17, 15) is 15.3 Å². The van der Waals surface area contributed by atoms with Gasteiger partial charge in [-0.25, -0.2) is 0 Å². The number of hydrogen-bond acceptors (Lipinski definition) is 4. The van der Waals surface area contributed by atoms with Crippen LogP contribution in [0.2, 0.25) is 0 Å². The van der Waals surface area contributed by atoms with Crippen molar-refractivity contribution in [2.24, 2.45) is 0 Å². The molecule has 0 saturated carbocycles. The lowest BCUT2D eigenvalue weighted by atomic mass is 10.3. The first-order valence-electron chi connectivity index (χ1n) is 7.01. The number of benzene rings is 3. The van der Waals surface area contributed by atoms with E-state index in [1.165, 1.54) is 0 Å². The zero-order valence-corrected chi connectivity index (χ0v) is 13.8. The molecule has 0 amide bonds. The zero-order chi connectivity index (χ0) is 16.4. The van der Waals surface area contributed by atoms with Crippen LogP contribution in [-0.4, -0.2) is 15.3 Å². The minimum atomic E-state index is -2.81. The number of para-hydroxylation sites is 3. The maximum atomic E-state index is 10.3. The molecule has 3 aromatic carbocycles. The molecule has 3 N–H and O–H groups in total. The predicted molar refractivity (Wildman–Crippen MR) is 97.5 cm³/mol. The van der Waals surface area contributed by atoms with Crippen molar-refractivity contribution >= 4 is 33.8 Å². The summed E-state index contributed by atoms with van der Waals surface area (Å²) in [5.74, 6) is 0.173.